The number of para-hydroxylation sites is 7. The quantitative estimate of drug-likeness (QED) is 0.157. The molecule has 0 unspecified atom stereocenters. The third-order valence-corrected chi connectivity index (χ3v) is 12.4. The molecular formula is C57H36N6. The third-order valence-electron chi connectivity index (χ3n) is 12.4. The molecule has 0 bridgehead atoms. The van der Waals surface area contributed by atoms with Gasteiger partial charge in [0.05, 0.1) is 33.1 Å². The molecule has 0 fully saturated rings. The van der Waals surface area contributed by atoms with Crippen molar-refractivity contribution in [2.75, 3.05) is 0 Å². The predicted molar refractivity (Wildman–Crippen MR) is 259 cm³/mol. The first-order valence-corrected chi connectivity index (χ1v) is 21.3. The number of imidazole rings is 3. The minimum atomic E-state index is 0.880. The van der Waals surface area contributed by atoms with Crippen molar-refractivity contribution >= 4 is 65.4 Å². The summed E-state index contributed by atoms with van der Waals surface area (Å²) in [4.78, 5) is 16.3. The maximum atomic E-state index is 5.68. The van der Waals surface area contributed by atoms with E-state index in [0.717, 1.165) is 111 Å². The van der Waals surface area contributed by atoms with Crippen LogP contribution in [-0.4, -0.2) is 28.7 Å². The van der Waals surface area contributed by atoms with E-state index in [2.05, 4.69) is 232 Å². The van der Waals surface area contributed by atoms with Gasteiger partial charge < -0.3 is 0 Å². The summed E-state index contributed by atoms with van der Waals surface area (Å²) in [5.41, 5.74) is 12.3. The minimum absolute atomic E-state index is 0.880. The second kappa shape index (κ2) is 14.0. The lowest BCUT2D eigenvalue weighted by Gasteiger charge is -2.15. The largest absolute Gasteiger partial charge is 0.292 e. The van der Waals surface area contributed by atoms with Gasteiger partial charge in [-0.1, -0.05) is 146 Å². The van der Waals surface area contributed by atoms with Crippen molar-refractivity contribution in [3.05, 3.63) is 218 Å². The Balaban J connectivity index is 1.17. The number of hydrogen-bond acceptors (Lipinski definition) is 3. The van der Waals surface area contributed by atoms with Crippen LogP contribution in [-0.2, 0) is 0 Å². The molecule has 0 aliphatic heterocycles. The minimum Gasteiger partial charge on any atom is -0.292 e. The van der Waals surface area contributed by atoms with Gasteiger partial charge in [0, 0.05) is 44.5 Å². The zero-order valence-electron chi connectivity index (χ0n) is 34.0. The van der Waals surface area contributed by atoms with E-state index in [-0.39, 0.29) is 0 Å². The van der Waals surface area contributed by atoms with Crippen LogP contribution in [0, 0.1) is 0 Å². The second-order valence-electron chi connectivity index (χ2n) is 16.0. The Morgan fingerprint density at radius 1 is 0.302 bits per heavy atom. The van der Waals surface area contributed by atoms with Crippen LogP contribution < -0.4 is 0 Å². The molecular weight excluding hydrogens is 769 g/mol. The van der Waals surface area contributed by atoms with Crippen LogP contribution in [0.15, 0.2) is 218 Å². The van der Waals surface area contributed by atoms with E-state index in [0.29, 0.717) is 0 Å². The Bertz CT molecular complexity index is 3890. The van der Waals surface area contributed by atoms with Crippen molar-refractivity contribution in [3.63, 3.8) is 0 Å². The normalized spacial score (nSPS) is 11.8. The molecule has 0 aliphatic rings. The lowest BCUT2D eigenvalue weighted by atomic mass is 9.96. The molecule has 294 valence electrons. The van der Waals surface area contributed by atoms with Gasteiger partial charge in [0.25, 0.3) is 0 Å². The molecule has 0 atom stereocenters. The lowest BCUT2D eigenvalue weighted by molar-refractivity contribution is 1.10. The fraction of sp³-hybridized carbons (Fsp3) is 0. The molecule has 0 spiro atoms. The summed E-state index contributed by atoms with van der Waals surface area (Å²) in [6.07, 6.45) is 0. The van der Waals surface area contributed by atoms with E-state index in [1.165, 1.54) is 5.39 Å². The highest BCUT2D eigenvalue weighted by Crippen LogP contribution is 2.43. The molecule has 6 nitrogen and oxygen atoms in total. The van der Waals surface area contributed by atoms with Crippen LogP contribution in [0.5, 0.6) is 0 Å². The van der Waals surface area contributed by atoms with Crippen molar-refractivity contribution in [2.24, 2.45) is 0 Å². The number of benzene rings is 10. The first kappa shape index (κ1) is 35.2. The number of fused-ring (bicyclic) bond motifs is 9. The van der Waals surface area contributed by atoms with Crippen molar-refractivity contribution in [3.8, 4) is 51.2 Å². The van der Waals surface area contributed by atoms with E-state index in [9.17, 15) is 0 Å². The van der Waals surface area contributed by atoms with E-state index in [1.54, 1.807) is 0 Å². The molecule has 10 aromatic carbocycles. The number of hydrogen-bond donors (Lipinski definition) is 0. The van der Waals surface area contributed by atoms with Crippen molar-refractivity contribution in [1.82, 2.24) is 28.7 Å². The zero-order valence-corrected chi connectivity index (χ0v) is 34.0. The lowest BCUT2D eigenvalue weighted by Crippen LogP contribution is -1.99. The number of nitrogens with zero attached hydrogens (tertiary/aromatic N) is 6. The highest BCUT2D eigenvalue weighted by molar-refractivity contribution is 6.25. The summed E-state index contributed by atoms with van der Waals surface area (Å²) in [7, 11) is 0. The van der Waals surface area contributed by atoms with Crippen molar-refractivity contribution < 1.29 is 0 Å². The van der Waals surface area contributed by atoms with Gasteiger partial charge in [-0.3, -0.25) is 13.7 Å². The van der Waals surface area contributed by atoms with Gasteiger partial charge in [-0.15, -0.1) is 0 Å². The van der Waals surface area contributed by atoms with Gasteiger partial charge in [0.15, 0.2) is 0 Å². The summed E-state index contributed by atoms with van der Waals surface area (Å²) in [5.74, 6) is 2.66. The van der Waals surface area contributed by atoms with E-state index < -0.39 is 0 Å². The Kier molecular flexibility index (Phi) is 7.80. The molecule has 0 saturated heterocycles. The predicted octanol–water partition coefficient (Wildman–Crippen LogP) is 14.2. The van der Waals surface area contributed by atoms with Gasteiger partial charge in [0.2, 0.25) is 0 Å². The Labute approximate surface area is 362 Å². The molecule has 0 aliphatic carbocycles. The third kappa shape index (κ3) is 5.48. The highest BCUT2D eigenvalue weighted by Gasteiger charge is 2.24. The zero-order chi connectivity index (χ0) is 41.4. The molecule has 13 rings (SSSR count). The summed E-state index contributed by atoms with van der Waals surface area (Å²) >= 11 is 0. The first-order chi connectivity index (χ1) is 31.3. The molecule has 63 heavy (non-hydrogen) atoms. The molecule has 3 aromatic heterocycles. The molecule has 0 N–H and O–H groups in total. The standard InChI is InChI=1S/C57H36N6/c1-4-19-40(20-5-1)61-51-29-14-12-27-49(51)58-55(61)38-31-33-44-47(35-38)48-36-39(56-59-50-28-13-15-30-52(50)62(56)41-21-6-2-7-22-41)32-34-45(48)54-53(44)60-57(63(54)42-23-8-3-9-24-42)46-26-16-18-37-17-10-11-25-43(37)46/h1-36H. The fourth-order valence-corrected chi connectivity index (χ4v) is 9.63. The summed E-state index contributed by atoms with van der Waals surface area (Å²) in [6, 6.07) is 77.2. The Morgan fingerprint density at radius 2 is 0.778 bits per heavy atom. The van der Waals surface area contributed by atoms with E-state index >= 15 is 0 Å². The van der Waals surface area contributed by atoms with Gasteiger partial charge >= 0.3 is 0 Å². The molecule has 3 heterocycles. The number of aromatic nitrogens is 6. The van der Waals surface area contributed by atoms with Crippen LogP contribution in [0.4, 0.5) is 0 Å². The monoisotopic (exact) mass is 804 g/mol. The van der Waals surface area contributed by atoms with Crippen LogP contribution in [0.2, 0.25) is 0 Å². The molecule has 0 amide bonds. The maximum absolute atomic E-state index is 5.68. The topological polar surface area (TPSA) is 53.5 Å². The van der Waals surface area contributed by atoms with E-state index in [1.807, 2.05) is 0 Å². The van der Waals surface area contributed by atoms with Gasteiger partial charge in [-0.05, 0) is 94.3 Å². The van der Waals surface area contributed by atoms with Crippen molar-refractivity contribution in [2.45, 2.75) is 0 Å². The first-order valence-electron chi connectivity index (χ1n) is 21.3. The molecule has 0 saturated carbocycles. The summed E-state index contributed by atoms with van der Waals surface area (Å²) < 4.78 is 6.91. The second-order valence-corrected chi connectivity index (χ2v) is 16.0. The van der Waals surface area contributed by atoms with Crippen LogP contribution in [0.3, 0.4) is 0 Å². The fourth-order valence-electron chi connectivity index (χ4n) is 9.63. The van der Waals surface area contributed by atoms with Crippen LogP contribution >= 0.6 is 0 Å². The average molecular weight is 805 g/mol. The summed E-state index contributed by atoms with van der Waals surface area (Å²) in [6.45, 7) is 0. The number of rotatable bonds is 6. The van der Waals surface area contributed by atoms with Crippen molar-refractivity contribution in [1.29, 1.82) is 0 Å². The van der Waals surface area contributed by atoms with Gasteiger partial charge in [-0.25, -0.2) is 15.0 Å². The van der Waals surface area contributed by atoms with Crippen LogP contribution in [0.1, 0.15) is 0 Å². The summed E-state index contributed by atoms with van der Waals surface area (Å²) in [5, 5.41) is 6.69. The Hall–Kier alpha value is -8.61. The highest BCUT2D eigenvalue weighted by atomic mass is 15.1. The van der Waals surface area contributed by atoms with Crippen LogP contribution in [0.25, 0.3) is 117 Å². The molecule has 13 aromatic rings. The van der Waals surface area contributed by atoms with Gasteiger partial charge in [-0.2, -0.15) is 0 Å². The average Bonchev–Trinajstić information content (AvgIpc) is 4.07. The smallest absolute Gasteiger partial charge is 0.146 e. The SMILES string of the molecule is c1ccc(-n2c(-c3ccc4c(c3)c3cc(-c5nc6ccccc6n5-c5ccccc5)ccc3c3c4nc(-c4cccc5ccccc45)n3-c3ccccc3)nc3ccccc32)cc1. The molecule has 6 heteroatoms. The van der Waals surface area contributed by atoms with Gasteiger partial charge in [0.1, 0.15) is 17.5 Å². The molecule has 0 radical (unpaired) electrons. The van der Waals surface area contributed by atoms with E-state index in [4.69, 9.17) is 15.0 Å². The maximum Gasteiger partial charge on any atom is 0.146 e. The Morgan fingerprint density at radius 3 is 1.38 bits per heavy atom.